The topological polar surface area (TPSA) is 157 Å². The van der Waals surface area contributed by atoms with E-state index < -0.39 is 42.8 Å². The Kier molecular flexibility index (Phi) is 5.57. The molecular weight excluding hydrogens is 413 g/mol. The third-order valence-corrected chi connectivity index (χ3v) is 4.21. The first-order valence-corrected chi connectivity index (χ1v) is 7.37. The molecule has 5 atom stereocenters. The van der Waals surface area contributed by atoms with Gasteiger partial charge in [0.1, 0.15) is 28.0 Å². The van der Waals surface area contributed by atoms with Gasteiger partial charge in [-0.2, -0.15) is 4.98 Å². The van der Waals surface area contributed by atoms with Crippen LogP contribution in [-0.4, -0.2) is 74.8 Å². The van der Waals surface area contributed by atoms with Gasteiger partial charge in [0.25, 0.3) is 11.6 Å². The Balaban J connectivity index is 2.26. The van der Waals surface area contributed by atoms with E-state index in [0.717, 1.165) is 0 Å². The number of nitrogens with zero attached hydrogens (tertiary/aromatic N) is 1. The maximum Gasteiger partial charge on any atom is 0.298 e. The van der Waals surface area contributed by atoms with Crippen molar-refractivity contribution in [1.82, 2.24) is 9.97 Å². The molecule has 1 fully saturated rings. The first kappa shape index (κ1) is 17.4. The Morgan fingerprint density at radius 3 is 2.64 bits per heavy atom. The predicted molar refractivity (Wildman–Crippen MR) is 81.5 cm³/mol. The fourth-order valence-electron chi connectivity index (χ4n) is 1.99. The maximum atomic E-state index is 11.7. The summed E-state index contributed by atoms with van der Waals surface area (Å²) in [6.07, 6.45) is -6.70. The van der Waals surface area contributed by atoms with Crippen molar-refractivity contribution in [2.24, 2.45) is 0 Å². The average molecular weight is 429 g/mol. The summed E-state index contributed by atoms with van der Waals surface area (Å²) in [6.45, 7) is -0.549. The quantitative estimate of drug-likeness (QED) is 0.287. The molecule has 2 rings (SSSR count). The molecule has 6 N–H and O–H groups in total. The zero-order chi connectivity index (χ0) is 16.4. The van der Waals surface area contributed by atoms with Crippen LogP contribution in [-0.2, 0) is 4.74 Å². The van der Waals surface area contributed by atoms with Crippen molar-refractivity contribution in [3.63, 3.8) is 0 Å². The van der Waals surface area contributed by atoms with Gasteiger partial charge in [-0.15, -0.1) is 0 Å². The molecule has 1 aromatic rings. The lowest BCUT2D eigenvalue weighted by atomic mass is 9.98. The molecule has 0 spiro atoms. The van der Waals surface area contributed by atoms with Crippen LogP contribution in [0.4, 0.5) is 5.82 Å². The number of methoxy groups -OCH3 is 1. The zero-order valence-corrected chi connectivity index (χ0v) is 13.6. The van der Waals surface area contributed by atoms with E-state index in [0.29, 0.717) is 0 Å². The second-order valence-corrected chi connectivity index (χ2v) is 5.71. The summed E-state index contributed by atoms with van der Waals surface area (Å²) in [6, 6.07) is -0.0440. The number of anilines is 1. The molecule has 0 aliphatic carbocycles. The van der Waals surface area contributed by atoms with E-state index in [1.54, 1.807) is 22.6 Å². The first-order chi connectivity index (χ1) is 10.4. The van der Waals surface area contributed by atoms with E-state index in [1.165, 1.54) is 7.11 Å². The summed E-state index contributed by atoms with van der Waals surface area (Å²) in [5, 5.41) is 41.2. The van der Waals surface area contributed by atoms with Crippen LogP contribution >= 0.6 is 22.6 Å². The average Bonchev–Trinajstić information content (AvgIpc) is 2.51. The van der Waals surface area contributed by atoms with Crippen molar-refractivity contribution in [3.05, 3.63) is 13.9 Å². The Hall–Kier alpha value is -0.990. The van der Waals surface area contributed by atoms with Gasteiger partial charge in [-0.1, -0.05) is 0 Å². The first-order valence-electron chi connectivity index (χ1n) is 6.30. The fourth-order valence-corrected chi connectivity index (χ4v) is 2.40. The fraction of sp³-hybridized carbons (Fsp3) is 0.636. The molecule has 22 heavy (non-hydrogen) atoms. The summed E-state index contributed by atoms with van der Waals surface area (Å²) >= 11 is 1.74. The second kappa shape index (κ2) is 7.06. The van der Waals surface area contributed by atoms with E-state index in [4.69, 9.17) is 14.6 Å². The van der Waals surface area contributed by atoms with Crippen molar-refractivity contribution in [1.29, 1.82) is 0 Å². The highest BCUT2D eigenvalue weighted by Gasteiger charge is 2.43. The molecule has 0 aromatic carbocycles. The number of aromatic amines is 1. The van der Waals surface area contributed by atoms with Crippen LogP contribution in [0, 0.1) is 3.57 Å². The predicted octanol–water partition coefficient (Wildman–Crippen LogP) is -2.41. The highest BCUT2D eigenvalue weighted by molar-refractivity contribution is 14.1. The van der Waals surface area contributed by atoms with Crippen LogP contribution in [0.1, 0.15) is 0 Å². The Bertz CT molecular complexity index is 581. The molecule has 1 aromatic heterocycles. The summed E-state index contributed by atoms with van der Waals surface area (Å²) < 4.78 is 10.3. The highest BCUT2D eigenvalue weighted by Crippen LogP contribution is 2.23. The lowest BCUT2D eigenvalue weighted by Gasteiger charge is -2.40. The number of hydrogen-bond donors (Lipinski definition) is 6. The molecule has 10 nitrogen and oxygen atoms in total. The molecule has 1 aliphatic heterocycles. The number of rotatable bonds is 4. The molecule has 0 saturated carbocycles. The van der Waals surface area contributed by atoms with Gasteiger partial charge in [0, 0.05) is 0 Å². The van der Waals surface area contributed by atoms with E-state index in [9.17, 15) is 20.1 Å². The van der Waals surface area contributed by atoms with Gasteiger partial charge in [-0.25, -0.2) is 0 Å². The molecule has 1 saturated heterocycles. The SMILES string of the molecule is COc1nc(NC2OC(CO)C(O)C(O)C2O)c(I)c(=O)[nH]1. The second-order valence-electron chi connectivity index (χ2n) is 4.63. The van der Waals surface area contributed by atoms with E-state index in [-0.39, 0.29) is 15.4 Å². The molecule has 5 unspecified atom stereocenters. The van der Waals surface area contributed by atoms with Crippen LogP contribution in [0.2, 0.25) is 0 Å². The van der Waals surface area contributed by atoms with Crippen LogP contribution in [0.5, 0.6) is 6.01 Å². The summed E-state index contributed by atoms with van der Waals surface area (Å²) in [5.74, 6) is 0.0746. The lowest BCUT2D eigenvalue weighted by Crippen LogP contribution is -2.60. The monoisotopic (exact) mass is 429 g/mol. The molecule has 124 valence electrons. The summed E-state index contributed by atoms with van der Waals surface area (Å²) in [4.78, 5) is 18.1. The minimum atomic E-state index is -1.52. The van der Waals surface area contributed by atoms with Crippen LogP contribution < -0.4 is 15.6 Å². The van der Waals surface area contributed by atoms with E-state index in [2.05, 4.69) is 15.3 Å². The minimum absolute atomic E-state index is 0.0440. The van der Waals surface area contributed by atoms with Crippen molar-refractivity contribution in [3.8, 4) is 6.01 Å². The number of aliphatic hydroxyl groups excluding tert-OH is 4. The van der Waals surface area contributed by atoms with Gasteiger partial charge in [-0.05, 0) is 22.6 Å². The number of halogens is 1. The van der Waals surface area contributed by atoms with Gasteiger partial charge < -0.3 is 35.2 Å². The maximum absolute atomic E-state index is 11.7. The highest BCUT2D eigenvalue weighted by atomic mass is 127. The largest absolute Gasteiger partial charge is 0.468 e. The Morgan fingerprint density at radius 2 is 2.05 bits per heavy atom. The zero-order valence-electron chi connectivity index (χ0n) is 11.4. The molecule has 0 bridgehead atoms. The number of aromatic nitrogens is 2. The van der Waals surface area contributed by atoms with Gasteiger partial charge in [-0.3, -0.25) is 9.78 Å². The normalized spacial score (nSPS) is 31.8. The molecular formula is C11H16IN3O7. The lowest BCUT2D eigenvalue weighted by molar-refractivity contribution is -0.221. The van der Waals surface area contributed by atoms with Crippen molar-refractivity contribution in [2.45, 2.75) is 30.6 Å². The number of H-pyrrole nitrogens is 1. The van der Waals surface area contributed by atoms with E-state index in [1.807, 2.05) is 0 Å². The Morgan fingerprint density at radius 1 is 1.36 bits per heavy atom. The van der Waals surface area contributed by atoms with Gasteiger partial charge in [0.15, 0.2) is 12.0 Å². The van der Waals surface area contributed by atoms with Crippen molar-refractivity contribution >= 4 is 28.4 Å². The molecule has 1 aliphatic rings. The number of hydrogen-bond acceptors (Lipinski definition) is 9. The molecule has 0 amide bonds. The van der Waals surface area contributed by atoms with Crippen LogP contribution in [0.25, 0.3) is 0 Å². The number of aliphatic hydroxyl groups is 4. The van der Waals surface area contributed by atoms with Crippen molar-refractivity contribution in [2.75, 3.05) is 19.0 Å². The molecule has 11 heteroatoms. The number of nitrogens with one attached hydrogen (secondary N) is 2. The molecule has 2 heterocycles. The van der Waals surface area contributed by atoms with Gasteiger partial charge in [0.2, 0.25) is 0 Å². The minimum Gasteiger partial charge on any atom is -0.468 e. The van der Waals surface area contributed by atoms with Crippen LogP contribution in [0.3, 0.4) is 0 Å². The smallest absolute Gasteiger partial charge is 0.298 e. The Labute approximate surface area is 138 Å². The standard InChI is InChI=1S/C11H16IN3O7/c1-21-11-14-8(4(12)9(20)15-11)13-10-7(19)6(18)5(17)3(2-16)22-10/h3,5-7,10,16-19H,2H2,1H3,(H2,13,14,15,20). The van der Waals surface area contributed by atoms with Crippen LogP contribution in [0.15, 0.2) is 4.79 Å². The summed E-state index contributed by atoms with van der Waals surface area (Å²) in [5.41, 5.74) is -0.459. The third kappa shape index (κ3) is 3.33. The van der Waals surface area contributed by atoms with E-state index >= 15 is 0 Å². The van der Waals surface area contributed by atoms with Gasteiger partial charge >= 0.3 is 0 Å². The summed E-state index contributed by atoms with van der Waals surface area (Å²) in [7, 11) is 1.32. The molecule has 0 radical (unpaired) electrons. The van der Waals surface area contributed by atoms with Gasteiger partial charge in [0.05, 0.1) is 13.7 Å². The third-order valence-electron chi connectivity index (χ3n) is 3.21. The van der Waals surface area contributed by atoms with Crippen molar-refractivity contribution < 1.29 is 29.9 Å². The number of ether oxygens (including phenoxy) is 2.